The molecule has 1 amide bonds. The average Bonchev–Trinajstić information content (AvgIpc) is 3.19. The van der Waals surface area contributed by atoms with E-state index >= 15 is 0 Å². The van der Waals surface area contributed by atoms with Crippen molar-refractivity contribution in [3.8, 4) is 5.69 Å². The van der Waals surface area contributed by atoms with Crippen molar-refractivity contribution in [2.24, 2.45) is 0 Å². The number of aromatic nitrogens is 2. The van der Waals surface area contributed by atoms with E-state index < -0.39 is 0 Å². The van der Waals surface area contributed by atoms with Crippen LogP contribution in [-0.4, -0.2) is 51.3 Å². The molecule has 3 N–H and O–H groups in total. The monoisotopic (exact) mass is 469 g/mol. The number of aliphatic hydroxyl groups is 1. The van der Waals surface area contributed by atoms with Crippen molar-refractivity contribution in [3.63, 3.8) is 0 Å². The number of nitrogens with one attached hydrogen (secondary N) is 2. The second kappa shape index (κ2) is 10.3. The van der Waals surface area contributed by atoms with E-state index in [2.05, 4.69) is 50.5 Å². The Balaban J connectivity index is 1.34. The largest absolute Gasteiger partial charge is 0.393 e. The molecule has 3 heterocycles. The van der Waals surface area contributed by atoms with E-state index in [4.69, 9.17) is 0 Å². The van der Waals surface area contributed by atoms with Crippen LogP contribution >= 0.6 is 0 Å². The van der Waals surface area contributed by atoms with Crippen LogP contribution < -0.4 is 10.6 Å². The zero-order valence-corrected chi connectivity index (χ0v) is 19.9. The molecule has 0 spiro atoms. The van der Waals surface area contributed by atoms with Crippen molar-refractivity contribution in [2.75, 3.05) is 25.1 Å². The number of pyridine rings is 1. The Morgan fingerprint density at radius 3 is 2.57 bits per heavy atom. The van der Waals surface area contributed by atoms with E-state index in [1.54, 1.807) is 6.20 Å². The molecule has 7 heteroatoms. The minimum absolute atomic E-state index is 0.0438. The van der Waals surface area contributed by atoms with Crippen LogP contribution in [0.5, 0.6) is 0 Å². The van der Waals surface area contributed by atoms with Gasteiger partial charge in [0.15, 0.2) is 0 Å². The highest BCUT2D eigenvalue weighted by Crippen LogP contribution is 2.31. The summed E-state index contributed by atoms with van der Waals surface area (Å²) >= 11 is 0. The van der Waals surface area contributed by atoms with Crippen molar-refractivity contribution >= 4 is 22.5 Å². The third kappa shape index (κ3) is 4.92. The molecule has 1 aliphatic heterocycles. The Bertz CT molecular complexity index is 1290. The van der Waals surface area contributed by atoms with Crippen LogP contribution in [0, 0.1) is 6.92 Å². The maximum Gasteiger partial charge on any atom is 0.256 e. The molecule has 180 valence electrons. The molecule has 0 saturated carbocycles. The number of piperidine rings is 1. The third-order valence-corrected chi connectivity index (χ3v) is 6.67. The highest BCUT2D eigenvalue weighted by atomic mass is 16.3. The topological polar surface area (TPSA) is 82.4 Å². The fraction of sp³-hybridized carbons (Fsp3) is 0.286. The predicted octanol–water partition coefficient (Wildman–Crippen LogP) is 4.09. The van der Waals surface area contributed by atoms with E-state index in [9.17, 15) is 9.90 Å². The van der Waals surface area contributed by atoms with Gasteiger partial charge < -0.3 is 19.9 Å². The second-order valence-corrected chi connectivity index (χ2v) is 9.02. The van der Waals surface area contributed by atoms with E-state index in [1.165, 1.54) is 0 Å². The number of aliphatic hydroxyl groups excluding tert-OH is 1. The first-order valence-electron chi connectivity index (χ1n) is 12.1. The molecule has 2 aromatic heterocycles. The van der Waals surface area contributed by atoms with Gasteiger partial charge in [-0.15, -0.1) is 0 Å². The molecule has 1 saturated heterocycles. The van der Waals surface area contributed by atoms with Gasteiger partial charge in [0.25, 0.3) is 5.91 Å². The summed E-state index contributed by atoms with van der Waals surface area (Å²) in [5.41, 5.74) is 5.88. The Kier molecular flexibility index (Phi) is 6.79. The number of nitrogens with zero attached hydrogens (tertiary/aromatic N) is 3. The summed E-state index contributed by atoms with van der Waals surface area (Å²) in [6, 6.07) is 20.3. The number of fused-ring (bicyclic) bond motifs is 1. The van der Waals surface area contributed by atoms with E-state index in [1.807, 2.05) is 48.4 Å². The smallest absolute Gasteiger partial charge is 0.256 e. The number of rotatable bonds is 7. The van der Waals surface area contributed by atoms with Crippen LogP contribution in [0.25, 0.3) is 16.6 Å². The highest BCUT2D eigenvalue weighted by molar-refractivity contribution is 6.09. The highest BCUT2D eigenvalue weighted by Gasteiger charge is 2.27. The molecule has 5 rings (SSSR count). The zero-order chi connectivity index (χ0) is 24.2. The number of hydrogen-bond donors (Lipinski definition) is 3. The van der Waals surface area contributed by atoms with Crippen molar-refractivity contribution in [1.82, 2.24) is 19.8 Å². The van der Waals surface area contributed by atoms with Crippen LogP contribution in [0.3, 0.4) is 0 Å². The minimum Gasteiger partial charge on any atom is -0.393 e. The molecular formula is C28H31N5O2. The fourth-order valence-corrected chi connectivity index (χ4v) is 4.80. The predicted molar refractivity (Wildman–Crippen MR) is 139 cm³/mol. The summed E-state index contributed by atoms with van der Waals surface area (Å²) in [7, 11) is 0. The minimum atomic E-state index is -0.306. The van der Waals surface area contributed by atoms with Gasteiger partial charge >= 0.3 is 0 Å². The molecule has 1 fully saturated rings. The summed E-state index contributed by atoms with van der Waals surface area (Å²) in [5.74, 6) is 0.0438. The van der Waals surface area contributed by atoms with Crippen molar-refractivity contribution < 1.29 is 9.90 Å². The molecule has 7 nitrogen and oxygen atoms in total. The van der Waals surface area contributed by atoms with Gasteiger partial charge in [0.2, 0.25) is 0 Å². The number of hydrogen-bond acceptors (Lipinski definition) is 5. The average molecular weight is 470 g/mol. The van der Waals surface area contributed by atoms with Gasteiger partial charge in [-0.05, 0) is 61.7 Å². The first kappa shape index (κ1) is 23.1. The molecular weight excluding hydrogens is 438 g/mol. The summed E-state index contributed by atoms with van der Waals surface area (Å²) in [6.45, 7) is 4.59. The normalized spacial score (nSPS) is 14.4. The van der Waals surface area contributed by atoms with Crippen LogP contribution in [0.2, 0.25) is 0 Å². The first-order valence-corrected chi connectivity index (χ1v) is 12.1. The van der Waals surface area contributed by atoms with Crippen LogP contribution in [-0.2, 0) is 6.54 Å². The first-order chi connectivity index (χ1) is 17.1. The number of carbonyl (C=O) groups is 1. The van der Waals surface area contributed by atoms with Crippen molar-refractivity contribution in [1.29, 1.82) is 0 Å². The van der Waals surface area contributed by atoms with Gasteiger partial charge in [0.05, 0.1) is 23.9 Å². The third-order valence-electron chi connectivity index (χ3n) is 6.67. The maximum atomic E-state index is 13.5. The SMILES string of the molecule is Cc1c(C(=O)N2CCC(O)CC2)c2ccccc2n1-c1ccc(NCNCc2cccnc2)cc1. The van der Waals surface area contributed by atoms with Crippen LogP contribution in [0.1, 0.15) is 34.5 Å². The van der Waals surface area contributed by atoms with Crippen LogP contribution in [0.15, 0.2) is 73.1 Å². The summed E-state index contributed by atoms with van der Waals surface area (Å²) in [6.07, 6.45) is 4.60. The maximum absolute atomic E-state index is 13.5. The zero-order valence-electron chi connectivity index (χ0n) is 19.9. The molecule has 0 atom stereocenters. The molecule has 4 aromatic rings. The number of benzene rings is 2. The molecule has 0 radical (unpaired) electrons. The van der Waals surface area contributed by atoms with Crippen molar-refractivity contribution in [3.05, 3.63) is 89.9 Å². The Labute approximate surface area is 205 Å². The van der Waals surface area contributed by atoms with Crippen LogP contribution in [0.4, 0.5) is 5.69 Å². The van der Waals surface area contributed by atoms with Crippen molar-refractivity contribution in [2.45, 2.75) is 32.4 Å². The van der Waals surface area contributed by atoms with Gasteiger partial charge in [-0.3, -0.25) is 15.1 Å². The Morgan fingerprint density at radius 2 is 1.83 bits per heavy atom. The number of carbonyl (C=O) groups excluding carboxylic acids is 1. The number of anilines is 1. The molecule has 0 unspecified atom stereocenters. The van der Waals surface area contributed by atoms with Gasteiger partial charge in [-0.25, -0.2) is 0 Å². The second-order valence-electron chi connectivity index (χ2n) is 9.02. The quantitative estimate of drug-likeness (QED) is 0.281. The molecule has 35 heavy (non-hydrogen) atoms. The summed E-state index contributed by atoms with van der Waals surface area (Å²) in [5, 5.41) is 17.6. The summed E-state index contributed by atoms with van der Waals surface area (Å²) < 4.78 is 2.16. The lowest BCUT2D eigenvalue weighted by molar-refractivity contribution is 0.0547. The Hall–Kier alpha value is -3.68. The standard InChI is InChI=1S/C28H31N5O2/c1-20-27(28(35)32-15-12-24(34)13-16-32)25-6-2-3-7-26(25)33(20)23-10-8-22(9-11-23)31-19-30-18-21-5-4-14-29-17-21/h2-11,14,17,24,30-31,34H,12-13,15-16,18-19H2,1H3. The summed E-state index contributed by atoms with van der Waals surface area (Å²) in [4.78, 5) is 19.5. The van der Waals surface area contributed by atoms with Gasteiger partial charge in [0.1, 0.15) is 0 Å². The molecule has 0 aliphatic carbocycles. The lowest BCUT2D eigenvalue weighted by Gasteiger charge is -2.29. The lowest BCUT2D eigenvalue weighted by atomic mass is 10.0. The van der Waals surface area contributed by atoms with Gasteiger partial charge in [-0.1, -0.05) is 24.3 Å². The van der Waals surface area contributed by atoms with E-state index in [-0.39, 0.29) is 12.0 Å². The Morgan fingerprint density at radius 1 is 1.06 bits per heavy atom. The van der Waals surface area contributed by atoms with Gasteiger partial charge in [0, 0.05) is 54.5 Å². The van der Waals surface area contributed by atoms with E-state index in [0.29, 0.717) is 32.6 Å². The molecule has 1 aliphatic rings. The number of para-hydroxylation sites is 1. The lowest BCUT2D eigenvalue weighted by Crippen LogP contribution is -2.40. The number of amides is 1. The van der Waals surface area contributed by atoms with E-state index in [0.717, 1.165) is 45.6 Å². The molecule has 0 bridgehead atoms. The van der Waals surface area contributed by atoms with Gasteiger partial charge in [-0.2, -0.15) is 0 Å². The number of likely N-dealkylation sites (tertiary alicyclic amines) is 1. The molecule has 2 aromatic carbocycles. The fourth-order valence-electron chi connectivity index (χ4n) is 4.80.